The third-order valence-electron chi connectivity index (χ3n) is 5.82. The first-order chi connectivity index (χ1) is 16.4. The molecule has 4 rings (SSSR count). The number of likely N-dealkylation sites (tertiary alicyclic amines) is 1. The van der Waals surface area contributed by atoms with Crippen molar-refractivity contribution in [1.82, 2.24) is 20.4 Å². The van der Waals surface area contributed by atoms with Crippen LogP contribution in [-0.2, 0) is 9.59 Å². The largest absolute Gasteiger partial charge is 0.343 e. The number of anilines is 1. The first-order valence-corrected chi connectivity index (χ1v) is 11.2. The number of hydrogen-bond donors (Lipinski definition) is 2. The van der Waals surface area contributed by atoms with E-state index in [4.69, 9.17) is 4.52 Å². The first kappa shape index (κ1) is 23.2. The Balaban J connectivity index is 1.27. The monoisotopic (exact) mass is 461 g/mol. The Morgan fingerprint density at radius 1 is 1.03 bits per heavy atom. The molecule has 1 aliphatic heterocycles. The Labute approximate surface area is 197 Å². The molecule has 9 heteroatoms. The molecule has 0 saturated carbocycles. The van der Waals surface area contributed by atoms with E-state index in [-0.39, 0.29) is 30.2 Å². The van der Waals surface area contributed by atoms with Crippen LogP contribution in [0, 0.1) is 6.92 Å². The van der Waals surface area contributed by atoms with Crippen molar-refractivity contribution in [2.45, 2.75) is 32.6 Å². The van der Waals surface area contributed by atoms with Gasteiger partial charge in [-0.25, -0.2) is 0 Å². The van der Waals surface area contributed by atoms with Crippen LogP contribution in [0.25, 0.3) is 11.4 Å². The van der Waals surface area contributed by atoms with Crippen molar-refractivity contribution < 1.29 is 18.9 Å². The first-order valence-electron chi connectivity index (χ1n) is 11.2. The summed E-state index contributed by atoms with van der Waals surface area (Å²) in [6, 6.07) is 14.4. The standard InChI is InChI=1S/C25H27N5O4/c1-16-3-5-19(6-4-16)24(33)26-15-22(32)30-13-11-20(12-14-30)25-28-23(29-34-25)18-7-9-21(10-8-18)27-17(2)31/h3-10,20H,11-15H2,1-2H3,(H,26,33)(H,27,31). The second-order valence-electron chi connectivity index (χ2n) is 8.42. The van der Waals surface area contributed by atoms with E-state index in [1.165, 1.54) is 6.92 Å². The molecule has 1 saturated heterocycles. The van der Waals surface area contributed by atoms with Gasteiger partial charge in [0.05, 0.1) is 6.54 Å². The molecular weight excluding hydrogens is 434 g/mol. The molecule has 1 aliphatic rings. The maximum absolute atomic E-state index is 12.5. The number of nitrogens with zero attached hydrogens (tertiary/aromatic N) is 3. The van der Waals surface area contributed by atoms with Gasteiger partial charge in [-0.2, -0.15) is 4.98 Å². The summed E-state index contributed by atoms with van der Waals surface area (Å²) in [5.74, 6) is 0.623. The fraction of sp³-hybridized carbons (Fsp3) is 0.320. The van der Waals surface area contributed by atoms with Gasteiger partial charge >= 0.3 is 0 Å². The number of piperidine rings is 1. The van der Waals surface area contributed by atoms with E-state index in [9.17, 15) is 14.4 Å². The summed E-state index contributed by atoms with van der Waals surface area (Å²) in [5.41, 5.74) is 3.10. The Morgan fingerprint density at radius 3 is 2.35 bits per heavy atom. The van der Waals surface area contributed by atoms with E-state index in [2.05, 4.69) is 20.8 Å². The van der Waals surface area contributed by atoms with E-state index in [1.807, 2.05) is 31.2 Å². The molecule has 0 bridgehead atoms. The molecule has 0 unspecified atom stereocenters. The minimum absolute atomic E-state index is 0.0312. The highest BCUT2D eigenvalue weighted by Gasteiger charge is 2.27. The molecule has 34 heavy (non-hydrogen) atoms. The summed E-state index contributed by atoms with van der Waals surface area (Å²) in [6.45, 7) is 4.51. The van der Waals surface area contributed by atoms with Gasteiger partial charge in [0.15, 0.2) is 0 Å². The third kappa shape index (κ3) is 5.67. The average Bonchev–Trinajstić information content (AvgIpc) is 3.33. The van der Waals surface area contributed by atoms with Crippen molar-refractivity contribution in [3.8, 4) is 11.4 Å². The molecule has 0 aliphatic carbocycles. The zero-order valence-corrected chi connectivity index (χ0v) is 19.2. The molecule has 0 radical (unpaired) electrons. The van der Waals surface area contributed by atoms with Crippen LogP contribution in [0.15, 0.2) is 53.1 Å². The highest BCUT2D eigenvalue weighted by molar-refractivity contribution is 5.96. The average molecular weight is 462 g/mol. The lowest BCUT2D eigenvalue weighted by Crippen LogP contribution is -2.43. The number of hydrogen-bond acceptors (Lipinski definition) is 6. The zero-order chi connectivity index (χ0) is 24.1. The van der Waals surface area contributed by atoms with Crippen LogP contribution in [0.1, 0.15) is 47.5 Å². The van der Waals surface area contributed by atoms with Gasteiger partial charge in [-0.1, -0.05) is 22.9 Å². The maximum Gasteiger partial charge on any atom is 0.251 e. The van der Waals surface area contributed by atoms with Crippen LogP contribution in [0.5, 0.6) is 0 Å². The van der Waals surface area contributed by atoms with Crippen molar-refractivity contribution in [1.29, 1.82) is 0 Å². The molecule has 2 N–H and O–H groups in total. The smallest absolute Gasteiger partial charge is 0.251 e. The summed E-state index contributed by atoms with van der Waals surface area (Å²) in [5, 5.41) is 9.51. The molecule has 0 spiro atoms. The number of aromatic nitrogens is 2. The Kier molecular flexibility index (Phi) is 7.01. The van der Waals surface area contributed by atoms with Gasteiger partial charge in [0.1, 0.15) is 0 Å². The maximum atomic E-state index is 12.5. The van der Waals surface area contributed by atoms with Crippen molar-refractivity contribution >= 4 is 23.4 Å². The van der Waals surface area contributed by atoms with Crippen molar-refractivity contribution in [2.24, 2.45) is 0 Å². The lowest BCUT2D eigenvalue weighted by Gasteiger charge is -2.30. The van der Waals surface area contributed by atoms with E-state index < -0.39 is 0 Å². The van der Waals surface area contributed by atoms with Crippen LogP contribution < -0.4 is 10.6 Å². The molecule has 176 valence electrons. The molecule has 1 aromatic heterocycles. The molecule has 1 fully saturated rings. The minimum atomic E-state index is -0.258. The molecular formula is C25H27N5O4. The van der Waals surface area contributed by atoms with Gasteiger partial charge in [-0.3, -0.25) is 14.4 Å². The van der Waals surface area contributed by atoms with Gasteiger partial charge in [-0.05, 0) is 56.2 Å². The van der Waals surface area contributed by atoms with E-state index in [1.54, 1.807) is 29.2 Å². The van der Waals surface area contributed by atoms with Crippen LogP contribution in [0.4, 0.5) is 5.69 Å². The second kappa shape index (κ2) is 10.3. The topological polar surface area (TPSA) is 117 Å². The van der Waals surface area contributed by atoms with E-state index in [0.717, 1.165) is 11.1 Å². The Hall–Kier alpha value is -4.01. The summed E-state index contributed by atoms with van der Waals surface area (Å²) in [6.07, 6.45) is 1.42. The summed E-state index contributed by atoms with van der Waals surface area (Å²) < 4.78 is 5.49. The highest BCUT2D eigenvalue weighted by atomic mass is 16.5. The van der Waals surface area contributed by atoms with Gasteiger partial charge in [0.2, 0.25) is 23.5 Å². The summed E-state index contributed by atoms with van der Waals surface area (Å²) >= 11 is 0. The van der Waals surface area contributed by atoms with Gasteiger partial charge in [0.25, 0.3) is 5.91 Å². The zero-order valence-electron chi connectivity index (χ0n) is 19.2. The Morgan fingerprint density at radius 2 is 1.71 bits per heavy atom. The van der Waals surface area contributed by atoms with E-state index in [0.29, 0.717) is 48.9 Å². The third-order valence-corrected chi connectivity index (χ3v) is 5.82. The molecule has 3 aromatic rings. The summed E-state index contributed by atoms with van der Waals surface area (Å²) in [4.78, 5) is 42.2. The number of carbonyl (C=O) groups excluding carboxylic acids is 3. The Bertz CT molecular complexity index is 1160. The predicted molar refractivity (Wildman–Crippen MR) is 126 cm³/mol. The number of aryl methyl sites for hydroxylation is 1. The van der Waals surface area contributed by atoms with Crippen molar-refractivity contribution in [3.05, 3.63) is 65.5 Å². The number of carbonyl (C=O) groups is 3. The van der Waals surface area contributed by atoms with Crippen LogP contribution in [0.3, 0.4) is 0 Å². The lowest BCUT2D eigenvalue weighted by atomic mass is 9.96. The van der Waals surface area contributed by atoms with Crippen LogP contribution in [0.2, 0.25) is 0 Å². The predicted octanol–water partition coefficient (Wildman–Crippen LogP) is 3.14. The lowest BCUT2D eigenvalue weighted by molar-refractivity contribution is -0.131. The molecule has 2 aromatic carbocycles. The van der Waals surface area contributed by atoms with Gasteiger partial charge < -0.3 is 20.1 Å². The fourth-order valence-electron chi connectivity index (χ4n) is 3.87. The molecule has 3 amide bonds. The van der Waals surface area contributed by atoms with Crippen molar-refractivity contribution in [2.75, 3.05) is 25.0 Å². The number of amides is 3. The number of nitrogens with one attached hydrogen (secondary N) is 2. The molecule has 9 nitrogen and oxygen atoms in total. The minimum Gasteiger partial charge on any atom is -0.343 e. The SMILES string of the molecule is CC(=O)Nc1ccc(-c2noc(C3CCN(C(=O)CNC(=O)c4ccc(C)cc4)CC3)n2)cc1. The fourth-order valence-corrected chi connectivity index (χ4v) is 3.87. The number of benzene rings is 2. The van der Waals surface area contributed by atoms with Crippen LogP contribution in [-0.4, -0.2) is 52.4 Å². The quantitative estimate of drug-likeness (QED) is 0.582. The normalized spacial score (nSPS) is 14.0. The summed E-state index contributed by atoms with van der Waals surface area (Å²) in [7, 11) is 0. The molecule has 0 atom stereocenters. The van der Waals surface area contributed by atoms with E-state index >= 15 is 0 Å². The van der Waals surface area contributed by atoms with Crippen molar-refractivity contribution in [3.63, 3.8) is 0 Å². The highest BCUT2D eigenvalue weighted by Crippen LogP contribution is 2.29. The van der Waals surface area contributed by atoms with Gasteiger partial charge in [-0.15, -0.1) is 0 Å². The second-order valence-corrected chi connectivity index (χ2v) is 8.42. The van der Waals surface area contributed by atoms with Crippen LogP contribution >= 0.6 is 0 Å². The van der Waals surface area contributed by atoms with Gasteiger partial charge in [0, 0.05) is 42.7 Å². The molecule has 2 heterocycles. The number of rotatable bonds is 6.